The van der Waals surface area contributed by atoms with Crippen LogP contribution in [0.3, 0.4) is 0 Å². The lowest BCUT2D eigenvalue weighted by atomic mass is 9.87. The van der Waals surface area contributed by atoms with Crippen molar-refractivity contribution < 1.29 is 238 Å². The normalized spacial score (nSPS) is 42.5. The first-order chi connectivity index (χ1) is 52.2. The molecule has 0 saturated carbocycles. The molecule has 32 N–H and O–H groups in total. The number of carbonyl (C=O) groups excluding carboxylic acids is 4. The molecule has 0 aromatic rings. The second-order valence-electron chi connectivity index (χ2n) is 26.9. The van der Waals surface area contributed by atoms with E-state index >= 15 is 0 Å². The van der Waals surface area contributed by atoms with Gasteiger partial charge >= 0.3 is 17.9 Å². The number of hydrogen-bond acceptors (Lipinski definition) is 45. The van der Waals surface area contributed by atoms with Crippen LogP contribution in [-0.2, 0) is 95.1 Å². The molecule has 640 valence electrons. The van der Waals surface area contributed by atoms with Gasteiger partial charge in [-0.15, -0.1) is 0 Å². The van der Waals surface area contributed by atoms with Crippen LogP contribution in [0, 0.1) is 0 Å². The SMILES string of the molecule is CC(=O)N[C@H]1[C@H](O[C@@H]2[C@H](O[C@]3(C(=O)O)C[C@H](O)[C@@H](NC(=O)CO)[C@H]([C@H](O)[C@@H](CO)O[C@]4(C(=O)O)C[C@H](O)[C@@H](NC(=O)CO)[C@H]([C@H](O)[C@H](O)CO)O4)O3)[C@@H](O)[C@H](O[C@H]3[C@H](O)[C@@H](O)[C@H](O)O[C@@H]3CO)O[C@@H]2CO)O[C@H](CO)[C@H](O)[C@@H]1O[C@@H]1O[C@H](CO)[C@H](O)[C@H](O[C@]2(C(=O)O)C[C@H](O)[C@@H](NC(=O)CO)[C@H]([C@H](O)[C@H](O)CO)O2)[C@H]1O. The zero-order valence-corrected chi connectivity index (χ0v) is 58.1. The average molecular weight is 1630 g/mol. The average Bonchev–Trinajstić information content (AvgIpc) is 0.747. The predicted molar refractivity (Wildman–Crippen MR) is 334 cm³/mol. The minimum absolute atomic E-state index is 0.780. The number of nitrogens with one attached hydrogen (secondary N) is 4. The molecule has 7 fully saturated rings. The molecule has 0 bridgehead atoms. The van der Waals surface area contributed by atoms with Crippen molar-refractivity contribution in [3.8, 4) is 0 Å². The van der Waals surface area contributed by atoms with E-state index in [-0.39, 0.29) is 0 Å². The van der Waals surface area contributed by atoms with Crippen LogP contribution < -0.4 is 21.3 Å². The maximum absolute atomic E-state index is 14.2. The van der Waals surface area contributed by atoms with Crippen LogP contribution in [0.15, 0.2) is 0 Å². The predicted octanol–water partition coefficient (Wildman–Crippen LogP) is -21.2. The largest absolute Gasteiger partial charge is 0.477 e. The van der Waals surface area contributed by atoms with Gasteiger partial charge in [0.15, 0.2) is 25.2 Å². The van der Waals surface area contributed by atoms with Crippen LogP contribution in [0.5, 0.6) is 0 Å². The summed E-state index contributed by atoms with van der Waals surface area (Å²) in [6, 6.07) is -8.59. The lowest BCUT2D eigenvalue weighted by Crippen LogP contribution is -2.73. The smallest absolute Gasteiger partial charge is 0.364 e. The second-order valence-corrected chi connectivity index (χ2v) is 26.9. The van der Waals surface area contributed by atoms with E-state index in [2.05, 4.69) is 5.32 Å². The molecule has 0 spiro atoms. The maximum atomic E-state index is 14.2. The summed E-state index contributed by atoms with van der Waals surface area (Å²) in [7, 11) is 0. The highest BCUT2D eigenvalue weighted by molar-refractivity contribution is 5.80. The molecule has 0 unspecified atom stereocenters. The molecule has 0 aliphatic carbocycles. The third-order valence-electron chi connectivity index (χ3n) is 19.4. The highest BCUT2D eigenvalue weighted by atomic mass is 16.8. The van der Waals surface area contributed by atoms with Gasteiger partial charge in [0.25, 0.3) is 17.4 Å². The molecule has 7 aliphatic heterocycles. The number of aliphatic carboxylic acids is 3. The van der Waals surface area contributed by atoms with Crippen LogP contribution in [-0.4, -0.2) is 482 Å². The minimum atomic E-state index is -3.85. The second kappa shape index (κ2) is 39.6. The highest BCUT2D eigenvalue weighted by Crippen LogP contribution is 2.44. The van der Waals surface area contributed by atoms with E-state index in [9.17, 15) is 177 Å². The lowest BCUT2D eigenvalue weighted by Gasteiger charge is -2.53. The summed E-state index contributed by atoms with van der Waals surface area (Å²) in [4.78, 5) is 92.1. The number of aliphatic hydroxyl groups is 25. The molecule has 7 aliphatic rings. The molecule has 0 aromatic heterocycles. The van der Waals surface area contributed by atoms with Gasteiger partial charge in [-0.05, 0) is 0 Å². The number of hydrogen-bond donors (Lipinski definition) is 32. The van der Waals surface area contributed by atoms with Crippen LogP contribution in [0.4, 0.5) is 0 Å². The Labute approximate surface area is 623 Å². The molecule has 0 aromatic carbocycles. The summed E-state index contributed by atoms with van der Waals surface area (Å²) in [6.45, 7) is -13.0. The Morgan fingerprint density at radius 2 is 0.748 bits per heavy atom. The van der Waals surface area contributed by atoms with E-state index in [1.54, 1.807) is 0 Å². The molecule has 7 rings (SSSR count). The van der Waals surface area contributed by atoms with Crippen LogP contribution >= 0.6 is 0 Å². The van der Waals surface area contributed by atoms with E-state index < -0.39 is 358 Å². The highest BCUT2D eigenvalue weighted by Gasteiger charge is 2.66. The van der Waals surface area contributed by atoms with Gasteiger partial charge in [-0.25, -0.2) is 14.4 Å². The fourth-order valence-electron chi connectivity index (χ4n) is 13.7. The Balaban J connectivity index is 1.32. The van der Waals surface area contributed by atoms with Crippen LogP contribution in [0.2, 0.25) is 0 Å². The van der Waals surface area contributed by atoms with Crippen molar-refractivity contribution in [1.29, 1.82) is 0 Å². The number of rotatable bonds is 35. The van der Waals surface area contributed by atoms with Gasteiger partial charge in [0.2, 0.25) is 23.6 Å². The monoisotopic (exact) mass is 1630 g/mol. The summed E-state index contributed by atoms with van der Waals surface area (Å²) in [5.41, 5.74) is 0. The van der Waals surface area contributed by atoms with E-state index in [1.807, 2.05) is 16.0 Å². The fraction of sp³-hybridized carbons (Fsp3) is 0.881. The third kappa shape index (κ3) is 20.2. The fourth-order valence-corrected chi connectivity index (χ4v) is 13.7. The standard InChI is InChI=1S/C59H96N4O48/c1-15(74)60-32-44(105-52-40(90)48(36(86)22(8-67)101-52)110-58(55(95)96)3-17(76)30(62-27(81)13-72)46(108-58)34(84)20(79)6-65)35(85)21(7-66)100-51(32)104-43-25(11-70)102-53(103-42-24(10-69)99-50(92)39(89)38(42)88)41(91)49(43)111-59(56(97)98)4-18(77)31(63-28(82)14-73)47(109-59)37(87)23(9-68)106-57(54(93)94)2-16(75)29(61-26(80)12-71)45(107-57)33(83)19(78)5-64/h16-25,29-53,64-73,75-79,83-92H,2-14H2,1H3,(H,60,74)(H,61,80)(H,62,81)(H,63,82)(H,93,94)(H,95,96)(H,97,98)/t16-,17-,18-,19+,20+,21+,22+,23+,24+,25+,29+,30+,31+,32+,33+,34+,35-,36-,37+,38+,39+,40+,41+,42+,43-,44+,45+,46+,47+,48-,49+,50+,51-,52-,53-,57+,58-,59-/m0/s1. The molecular formula is C59H96N4O48. The molecule has 4 amide bonds. The van der Waals surface area contributed by atoms with Gasteiger partial charge in [0.05, 0.1) is 82.7 Å². The Bertz CT molecular complexity index is 3070. The summed E-state index contributed by atoms with van der Waals surface area (Å²) >= 11 is 0. The molecule has 52 heteroatoms. The summed E-state index contributed by atoms with van der Waals surface area (Å²) < 4.78 is 75.3. The molecular weight excluding hydrogens is 1530 g/mol. The first-order valence-corrected chi connectivity index (χ1v) is 34.0. The molecule has 111 heavy (non-hydrogen) atoms. The number of carbonyl (C=O) groups is 7. The van der Waals surface area contributed by atoms with Crippen molar-refractivity contribution in [2.75, 3.05) is 66.1 Å². The van der Waals surface area contributed by atoms with Crippen molar-refractivity contribution >= 4 is 41.5 Å². The summed E-state index contributed by atoms with van der Waals surface area (Å²) in [6.07, 6.45) is -80.4. The Morgan fingerprint density at radius 3 is 1.15 bits per heavy atom. The van der Waals surface area contributed by atoms with Crippen molar-refractivity contribution in [2.24, 2.45) is 0 Å². The van der Waals surface area contributed by atoms with Gasteiger partial charge < -0.3 is 226 Å². The number of carboxylic acid groups (broad SMARTS) is 3. The van der Waals surface area contributed by atoms with Gasteiger partial charge in [0, 0.05) is 26.2 Å². The Hall–Kier alpha value is -5.23. The third-order valence-corrected chi connectivity index (χ3v) is 19.4. The first-order valence-electron chi connectivity index (χ1n) is 34.0. The lowest BCUT2D eigenvalue weighted by molar-refractivity contribution is -0.405. The first kappa shape index (κ1) is 92.9. The van der Waals surface area contributed by atoms with E-state index in [1.165, 1.54) is 0 Å². The number of aliphatic hydroxyl groups excluding tert-OH is 25. The summed E-state index contributed by atoms with van der Waals surface area (Å²) in [5.74, 6) is -23.2. The van der Waals surface area contributed by atoms with Crippen LogP contribution in [0.25, 0.3) is 0 Å². The summed E-state index contributed by atoms with van der Waals surface area (Å²) in [5, 5.41) is 314. The Morgan fingerprint density at radius 1 is 0.387 bits per heavy atom. The number of ether oxygens (including phenoxy) is 13. The molecule has 7 saturated heterocycles. The van der Waals surface area contributed by atoms with Gasteiger partial charge in [0.1, 0.15) is 172 Å². The number of carboxylic acids is 3. The molecule has 38 atom stereocenters. The number of amides is 4. The van der Waals surface area contributed by atoms with Gasteiger partial charge in [-0.3, -0.25) is 19.2 Å². The van der Waals surface area contributed by atoms with Crippen molar-refractivity contribution in [1.82, 2.24) is 21.3 Å². The van der Waals surface area contributed by atoms with E-state index in [4.69, 9.17) is 61.6 Å². The van der Waals surface area contributed by atoms with Gasteiger partial charge in [-0.1, -0.05) is 0 Å². The zero-order valence-electron chi connectivity index (χ0n) is 58.1. The van der Waals surface area contributed by atoms with Crippen molar-refractivity contribution in [3.05, 3.63) is 0 Å². The quantitative estimate of drug-likeness (QED) is 0.0280. The van der Waals surface area contributed by atoms with Gasteiger partial charge in [-0.2, -0.15) is 0 Å². The minimum Gasteiger partial charge on any atom is -0.477 e. The Kier molecular flexibility index (Phi) is 33.2. The van der Waals surface area contributed by atoms with E-state index in [0.717, 1.165) is 6.92 Å². The van der Waals surface area contributed by atoms with Crippen LogP contribution in [0.1, 0.15) is 26.2 Å². The molecule has 52 nitrogen and oxygen atoms in total. The topological polar surface area (TPSA) is 854 Å². The zero-order chi connectivity index (χ0) is 83.0. The maximum Gasteiger partial charge on any atom is 0.364 e. The van der Waals surface area contributed by atoms with Crippen molar-refractivity contribution in [2.45, 2.75) is 258 Å². The molecule has 0 radical (unpaired) electrons. The van der Waals surface area contributed by atoms with Crippen molar-refractivity contribution in [3.63, 3.8) is 0 Å². The molecule has 7 heterocycles. The van der Waals surface area contributed by atoms with E-state index in [0.29, 0.717) is 0 Å².